The van der Waals surface area contributed by atoms with E-state index in [4.69, 9.17) is 0 Å². The van der Waals surface area contributed by atoms with E-state index in [9.17, 15) is 4.79 Å². The molecule has 4 heteroatoms. The number of carbonyl (C=O) groups is 1. The fraction of sp³-hybridized carbons (Fsp3) is 0.226. The third-order valence-corrected chi connectivity index (χ3v) is 6.83. The van der Waals surface area contributed by atoms with Gasteiger partial charge in [0, 0.05) is 37.7 Å². The molecule has 1 aliphatic heterocycles. The minimum atomic E-state index is 0.0421. The molecule has 176 valence electrons. The predicted octanol–water partition coefficient (Wildman–Crippen LogP) is 5.58. The number of hydrogen-bond donors (Lipinski definition) is 1. The van der Waals surface area contributed by atoms with Crippen molar-refractivity contribution in [1.29, 1.82) is 0 Å². The summed E-state index contributed by atoms with van der Waals surface area (Å²) < 4.78 is 0. The first-order valence-electron chi connectivity index (χ1n) is 12.4. The Morgan fingerprint density at radius 3 is 1.94 bits per heavy atom. The van der Waals surface area contributed by atoms with E-state index in [1.807, 2.05) is 60.8 Å². The van der Waals surface area contributed by atoms with Crippen molar-refractivity contribution in [2.45, 2.75) is 30.8 Å². The third kappa shape index (κ3) is 5.67. The van der Waals surface area contributed by atoms with Crippen LogP contribution in [-0.4, -0.2) is 34.9 Å². The summed E-state index contributed by atoms with van der Waals surface area (Å²) >= 11 is 0. The predicted molar refractivity (Wildman–Crippen MR) is 140 cm³/mol. The van der Waals surface area contributed by atoms with E-state index in [1.165, 1.54) is 16.7 Å². The fourth-order valence-electron chi connectivity index (χ4n) is 5.15. The Hall–Kier alpha value is -3.76. The average Bonchev–Trinajstić information content (AvgIpc) is 3.37. The van der Waals surface area contributed by atoms with Crippen LogP contribution in [0.5, 0.6) is 0 Å². The number of pyridine rings is 1. The maximum Gasteiger partial charge on any atom is 0.221 e. The first-order chi connectivity index (χ1) is 17.3. The van der Waals surface area contributed by atoms with E-state index in [0.29, 0.717) is 6.42 Å². The van der Waals surface area contributed by atoms with Crippen molar-refractivity contribution in [3.05, 3.63) is 138 Å². The Morgan fingerprint density at radius 2 is 1.37 bits per heavy atom. The zero-order valence-corrected chi connectivity index (χ0v) is 19.8. The smallest absolute Gasteiger partial charge is 0.221 e. The van der Waals surface area contributed by atoms with Crippen LogP contribution < -0.4 is 5.32 Å². The number of carbonyl (C=O) groups excluding carboxylic acids is 1. The van der Waals surface area contributed by atoms with Gasteiger partial charge in [0.25, 0.3) is 0 Å². The summed E-state index contributed by atoms with van der Waals surface area (Å²) in [7, 11) is 0. The molecular weight excluding hydrogens is 430 g/mol. The molecule has 1 fully saturated rings. The van der Waals surface area contributed by atoms with E-state index in [2.05, 4.69) is 69.8 Å². The summed E-state index contributed by atoms with van der Waals surface area (Å²) in [4.78, 5) is 20.3. The summed E-state index contributed by atoms with van der Waals surface area (Å²) in [6, 6.07) is 37.5. The standard InChI is InChI=1S/C31H31N3O/c35-30(22-28(24-12-4-1-5-13-24)25-14-6-2-7-15-25)33-27-19-21-34(23-27)31(26-16-8-3-9-17-26)29-18-10-11-20-32-29/h1-18,20,27-28,31H,19,21-23H2,(H,33,35). The number of benzene rings is 3. The summed E-state index contributed by atoms with van der Waals surface area (Å²) in [6.45, 7) is 1.73. The zero-order valence-electron chi connectivity index (χ0n) is 19.8. The number of rotatable bonds is 8. The van der Waals surface area contributed by atoms with Crippen LogP contribution in [0.25, 0.3) is 0 Å². The van der Waals surface area contributed by atoms with Crippen LogP contribution in [0.15, 0.2) is 115 Å². The van der Waals surface area contributed by atoms with Gasteiger partial charge in [-0.2, -0.15) is 0 Å². The molecule has 0 spiro atoms. The monoisotopic (exact) mass is 461 g/mol. The second-order valence-electron chi connectivity index (χ2n) is 9.19. The van der Waals surface area contributed by atoms with Crippen molar-refractivity contribution in [2.75, 3.05) is 13.1 Å². The molecular formula is C31H31N3O. The summed E-state index contributed by atoms with van der Waals surface area (Å²) in [6.07, 6.45) is 3.23. The molecule has 1 aromatic heterocycles. The normalized spacial score (nSPS) is 16.8. The molecule has 2 heterocycles. The minimum Gasteiger partial charge on any atom is -0.352 e. The fourth-order valence-corrected chi connectivity index (χ4v) is 5.15. The van der Waals surface area contributed by atoms with Crippen LogP contribution in [0.3, 0.4) is 0 Å². The van der Waals surface area contributed by atoms with Gasteiger partial charge in [-0.15, -0.1) is 0 Å². The van der Waals surface area contributed by atoms with Gasteiger partial charge in [-0.05, 0) is 35.2 Å². The molecule has 1 amide bonds. The summed E-state index contributed by atoms with van der Waals surface area (Å²) in [5.74, 6) is 0.143. The first-order valence-corrected chi connectivity index (χ1v) is 12.4. The van der Waals surface area contributed by atoms with Gasteiger partial charge in [0.2, 0.25) is 5.91 Å². The van der Waals surface area contributed by atoms with Crippen LogP contribution in [0.1, 0.15) is 47.2 Å². The molecule has 35 heavy (non-hydrogen) atoms. The number of hydrogen-bond acceptors (Lipinski definition) is 3. The topological polar surface area (TPSA) is 45.2 Å². The van der Waals surface area contributed by atoms with Crippen LogP contribution in [0, 0.1) is 0 Å². The van der Waals surface area contributed by atoms with Gasteiger partial charge in [-0.3, -0.25) is 14.7 Å². The summed E-state index contributed by atoms with van der Waals surface area (Å²) in [5, 5.41) is 3.34. The van der Waals surface area contributed by atoms with Crippen LogP contribution in [0.2, 0.25) is 0 Å². The number of aromatic nitrogens is 1. The van der Waals surface area contributed by atoms with Gasteiger partial charge >= 0.3 is 0 Å². The van der Waals surface area contributed by atoms with E-state index in [0.717, 1.165) is 25.2 Å². The molecule has 4 aromatic rings. The Bertz CT molecular complexity index is 1120. The van der Waals surface area contributed by atoms with Crippen LogP contribution in [-0.2, 0) is 4.79 Å². The van der Waals surface area contributed by atoms with Crippen molar-refractivity contribution in [1.82, 2.24) is 15.2 Å². The van der Waals surface area contributed by atoms with E-state index in [1.54, 1.807) is 0 Å². The van der Waals surface area contributed by atoms with E-state index < -0.39 is 0 Å². The van der Waals surface area contributed by atoms with Gasteiger partial charge in [0.1, 0.15) is 0 Å². The lowest BCUT2D eigenvalue weighted by atomic mass is 9.88. The lowest BCUT2D eigenvalue weighted by molar-refractivity contribution is -0.121. The highest BCUT2D eigenvalue weighted by atomic mass is 16.1. The molecule has 0 bridgehead atoms. The summed E-state index contributed by atoms with van der Waals surface area (Å²) in [5.41, 5.74) is 4.60. The maximum atomic E-state index is 13.2. The van der Waals surface area contributed by atoms with Crippen LogP contribution in [0.4, 0.5) is 0 Å². The molecule has 2 atom stereocenters. The number of amides is 1. The lowest BCUT2D eigenvalue weighted by Gasteiger charge is -2.28. The van der Waals surface area contributed by atoms with Crippen molar-refractivity contribution in [3.8, 4) is 0 Å². The molecule has 0 radical (unpaired) electrons. The average molecular weight is 462 g/mol. The molecule has 4 nitrogen and oxygen atoms in total. The van der Waals surface area contributed by atoms with E-state index in [-0.39, 0.29) is 23.9 Å². The molecule has 3 aromatic carbocycles. The molecule has 1 aliphatic rings. The van der Waals surface area contributed by atoms with Gasteiger partial charge < -0.3 is 5.32 Å². The molecule has 5 rings (SSSR count). The Labute approximate surface area is 207 Å². The minimum absolute atomic E-state index is 0.0421. The van der Waals surface area contributed by atoms with Gasteiger partial charge in [-0.1, -0.05) is 97.1 Å². The molecule has 1 N–H and O–H groups in total. The molecule has 1 saturated heterocycles. The number of nitrogens with zero attached hydrogens (tertiary/aromatic N) is 2. The highest BCUT2D eigenvalue weighted by Crippen LogP contribution is 2.31. The first kappa shape index (κ1) is 23.0. The second kappa shape index (κ2) is 11.1. The van der Waals surface area contributed by atoms with Crippen molar-refractivity contribution >= 4 is 5.91 Å². The van der Waals surface area contributed by atoms with Crippen LogP contribution >= 0.6 is 0 Å². The Kier molecular flexibility index (Phi) is 7.30. The van der Waals surface area contributed by atoms with Gasteiger partial charge in [0.15, 0.2) is 0 Å². The van der Waals surface area contributed by atoms with Crippen molar-refractivity contribution < 1.29 is 4.79 Å². The zero-order chi connectivity index (χ0) is 23.9. The number of likely N-dealkylation sites (tertiary alicyclic amines) is 1. The SMILES string of the molecule is O=C(CC(c1ccccc1)c1ccccc1)NC1CCN(C(c2ccccc2)c2ccccn2)C1. The number of nitrogens with one attached hydrogen (secondary N) is 1. The molecule has 0 aliphatic carbocycles. The quantitative estimate of drug-likeness (QED) is 0.372. The van der Waals surface area contributed by atoms with Gasteiger partial charge in [0.05, 0.1) is 11.7 Å². The molecule has 2 unspecified atom stereocenters. The third-order valence-electron chi connectivity index (χ3n) is 6.83. The maximum absolute atomic E-state index is 13.2. The Morgan fingerprint density at radius 1 is 0.800 bits per heavy atom. The molecule has 0 saturated carbocycles. The second-order valence-corrected chi connectivity index (χ2v) is 9.19. The van der Waals surface area contributed by atoms with Crippen molar-refractivity contribution in [3.63, 3.8) is 0 Å². The largest absolute Gasteiger partial charge is 0.352 e. The van der Waals surface area contributed by atoms with Crippen molar-refractivity contribution in [2.24, 2.45) is 0 Å². The Balaban J connectivity index is 1.28. The highest BCUT2D eigenvalue weighted by molar-refractivity contribution is 5.78. The lowest BCUT2D eigenvalue weighted by Crippen LogP contribution is -2.38. The highest BCUT2D eigenvalue weighted by Gasteiger charge is 2.32. The van der Waals surface area contributed by atoms with Gasteiger partial charge in [-0.25, -0.2) is 0 Å². The van der Waals surface area contributed by atoms with E-state index >= 15 is 0 Å².